The van der Waals surface area contributed by atoms with Crippen LogP contribution in [-0.2, 0) is 11.2 Å². The Morgan fingerprint density at radius 1 is 1.42 bits per heavy atom. The summed E-state index contributed by atoms with van der Waals surface area (Å²) in [5, 5.41) is 10.5. The minimum Gasteiger partial charge on any atom is -0.375 e. The molecule has 5 nitrogen and oxygen atoms in total. The first-order valence-electron chi connectivity index (χ1n) is 7.76. The monoisotopic (exact) mass is 366 g/mol. The SMILES string of the molecule is CN=C(NCCc1csc(C)n1)NCC(OC)c1cccc(Cl)c1. The van der Waals surface area contributed by atoms with E-state index in [9.17, 15) is 0 Å². The predicted octanol–water partition coefficient (Wildman–Crippen LogP) is 3.20. The predicted molar refractivity (Wildman–Crippen MR) is 101 cm³/mol. The Hall–Kier alpha value is -1.63. The summed E-state index contributed by atoms with van der Waals surface area (Å²) >= 11 is 7.72. The lowest BCUT2D eigenvalue weighted by Gasteiger charge is -2.19. The third-order valence-corrected chi connectivity index (χ3v) is 4.58. The Balaban J connectivity index is 1.81. The third-order valence-electron chi connectivity index (χ3n) is 3.52. The number of nitrogens with one attached hydrogen (secondary N) is 2. The Morgan fingerprint density at radius 3 is 2.88 bits per heavy atom. The highest BCUT2D eigenvalue weighted by atomic mass is 35.5. The molecule has 0 aliphatic heterocycles. The van der Waals surface area contributed by atoms with E-state index in [4.69, 9.17) is 16.3 Å². The first kappa shape index (κ1) is 18.7. The maximum atomic E-state index is 6.05. The summed E-state index contributed by atoms with van der Waals surface area (Å²) in [6.07, 6.45) is 0.774. The molecule has 0 saturated carbocycles. The maximum Gasteiger partial charge on any atom is 0.191 e. The molecule has 1 unspecified atom stereocenters. The number of hydrogen-bond acceptors (Lipinski definition) is 4. The minimum absolute atomic E-state index is 0.0940. The smallest absolute Gasteiger partial charge is 0.191 e. The van der Waals surface area contributed by atoms with Gasteiger partial charge in [0.15, 0.2) is 5.96 Å². The van der Waals surface area contributed by atoms with Gasteiger partial charge in [-0.3, -0.25) is 4.99 Å². The molecule has 1 aromatic carbocycles. The number of benzene rings is 1. The molecule has 0 spiro atoms. The number of guanidine groups is 1. The van der Waals surface area contributed by atoms with Gasteiger partial charge in [0, 0.05) is 44.1 Å². The topological polar surface area (TPSA) is 58.5 Å². The average molecular weight is 367 g/mol. The number of rotatable bonds is 7. The molecule has 1 aromatic heterocycles. The Labute approximate surface area is 152 Å². The van der Waals surface area contributed by atoms with Crippen LogP contribution in [-0.4, -0.2) is 38.2 Å². The molecule has 1 heterocycles. The van der Waals surface area contributed by atoms with Gasteiger partial charge in [-0.25, -0.2) is 4.98 Å². The van der Waals surface area contributed by atoms with E-state index in [0.29, 0.717) is 11.6 Å². The van der Waals surface area contributed by atoms with Gasteiger partial charge >= 0.3 is 0 Å². The zero-order valence-corrected chi connectivity index (χ0v) is 15.7. The van der Waals surface area contributed by atoms with Crippen LogP contribution in [0.2, 0.25) is 5.02 Å². The van der Waals surface area contributed by atoms with E-state index >= 15 is 0 Å². The lowest BCUT2D eigenvalue weighted by Crippen LogP contribution is -2.40. The van der Waals surface area contributed by atoms with Crippen LogP contribution in [0.25, 0.3) is 0 Å². The van der Waals surface area contributed by atoms with E-state index in [0.717, 1.165) is 35.2 Å². The Morgan fingerprint density at radius 2 is 2.25 bits per heavy atom. The van der Waals surface area contributed by atoms with E-state index in [1.807, 2.05) is 31.2 Å². The summed E-state index contributed by atoms with van der Waals surface area (Å²) in [7, 11) is 3.44. The second-order valence-corrected chi connectivity index (χ2v) is 6.77. The molecule has 0 radical (unpaired) electrons. The highest BCUT2D eigenvalue weighted by Crippen LogP contribution is 2.19. The third kappa shape index (κ3) is 5.78. The quantitative estimate of drug-likeness (QED) is 0.583. The molecular formula is C17H23ClN4OS. The van der Waals surface area contributed by atoms with Crippen LogP contribution in [0.15, 0.2) is 34.6 Å². The van der Waals surface area contributed by atoms with E-state index in [1.54, 1.807) is 25.5 Å². The second kappa shape index (κ2) is 9.61. The van der Waals surface area contributed by atoms with Gasteiger partial charge in [0.25, 0.3) is 0 Å². The molecule has 0 fully saturated rings. The summed E-state index contributed by atoms with van der Waals surface area (Å²) in [5.74, 6) is 0.742. The van der Waals surface area contributed by atoms with Crippen molar-refractivity contribution in [3.63, 3.8) is 0 Å². The number of aromatic nitrogens is 1. The van der Waals surface area contributed by atoms with Crippen molar-refractivity contribution in [1.82, 2.24) is 15.6 Å². The van der Waals surface area contributed by atoms with Crippen LogP contribution in [0, 0.1) is 6.92 Å². The van der Waals surface area contributed by atoms with Crippen LogP contribution in [0.3, 0.4) is 0 Å². The molecular weight excluding hydrogens is 344 g/mol. The zero-order chi connectivity index (χ0) is 17.4. The lowest BCUT2D eigenvalue weighted by atomic mass is 10.1. The summed E-state index contributed by atoms with van der Waals surface area (Å²) in [6.45, 7) is 3.40. The average Bonchev–Trinajstić information content (AvgIpc) is 2.99. The largest absolute Gasteiger partial charge is 0.375 e. The van der Waals surface area contributed by atoms with Gasteiger partial charge in [0.2, 0.25) is 0 Å². The van der Waals surface area contributed by atoms with Gasteiger partial charge in [-0.2, -0.15) is 0 Å². The van der Waals surface area contributed by atoms with Crippen LogP contribution in [0.4, 0.5) is 0 Å². The number of thiazole rings is 1. The molecule has 0 bridgehead atoms. The van der Waals surface area contributed by atoms with E-state index in [-0.39, 0.29) is 6.10 Å². The van der Waals surface area contributed by atoms with Gasteiger partial charge in [0.05, 0.1) is 16.8 Å². The van der Waals surface area contributed by atoms with E-state index < -0.39 is 0 Å². The highest BCUT2D eigenvalue weighted by Gasteiger charge is 2.11. The lowest BCUT2D eigenvalue weighted by molar-refractivity contribution is 0.106. The van der Waals surface area contributed by atoms with Crippen LogP contribution < -0.4 is 10.6 Å². The van der Waals surface area contributed by atoms with Crippen LogP contribution >= 0.6 is 22.9 Å². The van der Waals surface area contributed by atoms with Gasteiger partial charge in [-0.1, -0.05) is 23.7 Å². The fourth-order valence-corrected chi connectivity index (χ4v) is 3.13. The molecule has 2 aromatic rings. The Kier molecular flexibility index (Phi) is 7.49. The van der Waals surface area contributed by atoms with Crippen molar-refractivity contribution in [1.29, 1.82) is 0 Å². The normalized spacial score (nSPS) is 12.9. The number of methoxy groups -OCH3 is 1. The van der Waals surface area contributed by atoms with Crippen molar-refractivity contribution in [3.05, 3.63) is 50.9 Å². The van der Waals surface area contributed by atoms with E-state index in [2.05, 4.69) is 26.0 Å². The van der Waals surface area contributed by atoms with Crippen molar-refractivity contribution in [3.8, 4) is 0 Å². The molecule has 1 atom stereocenters. The Bertz CT molecular complexity index is 674. The summed E-state index contributed by atoms with van der Waals surface area (Å²) in [4.78, 5) is 8.69. The van der Waals surface area contributed by atoms with Crippen LogP contribution in [0.5, 0.6) is 0 Å². The molecule has 0 saturated heterocycles. The van der Waals surface area contributed by atoms with Crippen molar-refractivity contribution in [2.75, 3.05) is 27.2 Å². The summed E-state index contributed by atoms with van der Waals surface area (Å²) in [6, 6.07) is 7.69. The van der Waals surface area contributed by atoms with Gasteiger partial charge < -0.3 is 15.4 Å². The first-order valence-corrected chi connectivity index (χ1v) is 9.02. The molecule has 2 rings (SSSR count). The van der Waals surface area contributed by atoms with Crippen molar-refractivity contribution in [2.45, 2.75) is 19.4 Å². The first-order chi connectivity index (χ1) is 11.6. The van der Waals surface area contributed by atoms with Gasteiger partial charge in [-0.15, -0.1) is 11.3 Å². The van der Waals surface area contributed by atoms with Gasteiger partial charge in [0.1, 0.15) is 0 Å². The number of aliphatic imine (C=N–C) groups is 1. The zero-order valence-electron chi connectivity index (χ0n) is 14.2. The fraction of sp³-hybridized carbons (Fsp3) is 0.412. The van der Waals surface area contributed by atoms with Crippen LogP contribution in [0.1, 0.15) is 22.4 Å². The minimum atomic E-state index is -0.0940. The van der Waals surface area contributed by atoms with Crippen molar-refractivity contribution < 1.29 is 4.74 Å². The summed E-state index contributed by atoms with van der Waals surface area (Å²) < 4.78 is 5.55. The molecule has 2 N–H and O–H groups in total. The number of halogens is 1. The standard InChI is InChI=1S/C17H23ClN4OS/c1-12-22-15(11-24-12)7-8-20-17(19-2)21-10-16(23-3)13-5-4-6-14(18)9-13/h4-6,9,11,16H,7-8,10H2,1-3H3,(H2,19,20,21). The molecule has 0 aliphatic rings. The van der Waals surface area contributed by atoms with Gasteiger partial charge in [-0.05, 0) is 24.6 Å². The molecule has 24 heavy (non-hydrogen) atoms. The molecule has 0 aliphatic carbocycles. The number of hydrogen-bond donors (Lipinski definition) is 2. The number of nitrogens with zero attached hydrogens (tertiary/aromatic N) is 2. The molecule has 7 heteroatoms. The van der Waals surface area contributed by atoms with Crippen molar-refractivity contribution >= 4 is 28.9 Å². The molecule has 0 amide bonds. The fourth-order valence-electron chi connectivity index (χ4n) is 2.29. The molecule has 130 valence electrons. The maximum absolute atomic E-state index is 6.05. The summed E-state index contributed by atoms with van der Waals surface area (Å²) in [5.41, 5.74) is 2.14. The second-order valence-electron chi connectivity index (χ2n) is 5.27. The van der Waals surface area contributed by atoms with Crippen molar-refractivity contribution in [2.24, 2.45) is 4.99 Å². The highest BCUT2D eigenvalue weighted by molar-refractivity contribution is 7.09. The van der Waals surface area contributed by atoms with E-state index in [1.165, 1.54) is 0 Å². The number of aryl methyl sites for hydroxylation is 1. The number of ether oxygens (including phenoxy) is 1.